The summed E-state index contributed by atoms with van der Waals surface area (Å²) in [6.07, 6.45) is 2.21. The highest BCUT2D eigenvalue weighted by Crippen LogP contribution is 2.16. The molecule has 2 aromatic rings. The van der Waals surface area contributed by atoms with Gasteiger partial charge >= 0.3 is 0 Å². The van der Waals surface area contributed by atoms with E-state index in [2.05, 4.69) is 10.9 Å². The van der Waals surface area contributed by atoms with Gasteiger partial charge in [-0.2, -0.15) is 0 Å². The summed E-state index contributed by atoms with van der Waals surface area (Å²) in [4.78, 5) is 23.9. The number of amides is 2. The molecule has 2 N–H and O–H groups in total. The zero-order chi connectivity index (χ0) is 19.8. The third-order valence-corrected chi connectivity index (χ3v) is 4.25. The number of hydrogen-bond acceptors (Lipinski definition) is 5. The highest BCUT2D eigenvalue weighted by Gasteiger charge is 2.16. The average molecular weight is 384 g/mol. The number of ether oxygens (including phenoxy) is 3. The standard InChI is InChI=1S/C21H24N2O5/c1-15-4-2-5-18(12-15)28-14-20(24)22-23-21(25)16-7-9-17(10-8-16)27-13-19-6-3-11-26-19/h2,4-5,7-10,12,19H,3,6,11,13-14H2,1H3,(H,22,24)(H,23,25). The monoisotopic (exact) mass is 384 g/mol. The van der Waals surface area contributed by atoms with Crippen LogP contribution in [0, 0.1) is 6.92 Å². The minimum Gasteiger partial charge on any atom is -0.491 e. The summed E-state index contributed by atoms with van der Waals surface area (Å²) in [5, 5.41) is 0. The third kappa shape index (κ3) is 5.99. The van der Waals surface area contributed by atoms with Crippen LogP contribution in [0.3, 0.4) is 0 Å². The molecular weight excluding hydrogens is 360 g/mol. The topological polar surface area (TPSA) is 85.9 Å². The van der Waals surface area contributed by atoms with Gasteiger partial charge in [0.15, 0.2) is 6.61 Å². The maximum absolute atomic E-state index is 12.1. The molecule has 2 aromatic carbocycles. The maximum atomic E-state index is 12.1. The van der Waals surface area contributed by atoms with E-state index in [4.69, 9.17) is 14.2 Å². The number of hydrazine groups is 1. The van der Waals surface area contributed by atoms with E-state index in [1.165, 1.54) is 0 Å². The molecule has 1 atom stereocenters. The predicted octanol–water partition coefficient (Wildman–Crippen LogP) is 2.39. The van der Waals surface area contributed by atoms with Gasteiger partial charge in [-0.15, -0.1) is 0 Å². The van der Waals surface area contributed by atoms with Crippen molar-refractivity contribution in [3.8, 4) is 11.5 Å². The Kier molecular flexibility index (Phi) is 6.86. The first-order valence-electron chi connectivity index (χ1n) is 9.23. The van der Waals surface area contributed by atoms with Crippen molar-refractivity contribution in [3.63, 3.8) is 0 Å². The van der Waals surface area contributed by atoms with Crippen LogP contribution in [0.2, 0.25) is 0 Å². The van der Waals surface area contributed by atoms with E-state index in [9.17, 15) is 9.59 Å². The van der Waals surface area contributed by atoms with E-state index in [1.807, 2.05) is 25.1 Å². The van der Waals surface area contributed by atoms with Gasteiger partial charge in [-0.3, -0.25) is 20.4 Å². The maximum Gasteiger partial charge on any atom is 0.276 e. The average Bonchev–Trinajstić information content (AvgIpc) is 3.23. The molecule has 7 nitrogen and oxygen atoms in total. The molecule has 3 rings (SSSR count). The van der Waals surface area contributed by atoms with Crippen molar-refractivity contribution in [2.75, 3.05) is 19.8 Å². The van der Waals surface area contributed by atoms with Gasteiger partial charge in [0.25, 0.3) is 11.8 Å². The summed E-state index contributed by atoms with van der Waals surface area (Å²) < 4.78 is 16.5. The first kappa shape index (κ1) is 19.7. The number of aryl methyl sites for hydroxylation is 1. The molecule has 0 radical (unpaired) electrons. The van der Waals surface area contributed by atoms with Crippen LogP contribution in [0.15, 0.2) is 48.5 Å². The summed E-state index contributed by atoms with van der Waals surface area (Å²) >= 11 is 0. The molecule has 0 aliphatic carbocycles. The van der Waals surface area contributed by atoms with E-state index in [0.29, 0.717) is 23.7 Å². The summed E-state index contributed by atoms with van der Waals surface area (Å²) in [7, 11) is 0. The third-order valence-electron chi connectivity index (χ3n) is 4.25. The van der Waals surface area contributed by atoms with Gasteiger partial charge in [0.1, 0.15) is 18.1 Å². The minimum atomic E-state index is -0.452. The number of carbonyl (C=O) groups is 2. The number of benzene rings is 2. The lowest BCUT2D eigenvalue weighted by Gasteiger charge is -2.12. The molecule has 1 unspecified atom stereocenters. The Morgan fingerprint density at radius 1 is 1.07 bits per heavy atom. The molecule has 0 bridgehead atoms. The molecule has 1 fully saturated rings. The van der Waals surface area contributed by atoms with E-state index in [0.717, 1.165) is 25.0 Å². The normalized spacial score (nSPS) is 15.7. The van der Waals surface area contributed by atoms with Crippen molar-refractivity contribution in [2.45, 2.75) is 25.9 Å². The Balaban J connectivity index is 1.39. The highest BCUT2D eigenvalue weighted by molar-refractivity contribution is 5.95. The van der Waals surface area contributed by atoms with Gasteiger partial charge in [0.05, 0.1) is 6.10 Å². The van der Waals surface area contributed by atoms with Gasteiger partial charge in [-0.25, -0.2) is 0 Å². The van der Waals surface area contributed by atoms with Crippen molar-refractivity contribution in [1.82, 2.24) is 10.9 Å². The fraction of sp³-hybridized carbons (Fsp3) is 0.333. The Morgan fingerprint density at radius 3 is 2.61 bits per heavy atom. The number of rotatable bonds is 7. The lowest BCUT2D eigenvalue weighted by molar-refractivity contribution is -0.123. The van der Waals surface area contributed by atoms with Crippen molar-refractivity contribution in [1.29, 1.82) is 0 Å². The lowest BCUT2D eigenvalue weighted by atomic mass is 10.2. The van der Waals surface area contributed by atoms with E-state index in [-0.39, 0.29) is 12.7 Å². The molecule has 1 aliphatic rings. The van der Waals surface area contributed by atoms with E-state index in [1.54, 1.807) is 30.3 Å². The van der Waals surface area contributed by atoms with Gasteiger partial charge in [-0.05, 0) is 61.7 Å². The highest BCUT2D eigenvalue weighted by atomic mass is 16.5. The van der Waals surface area contributed by atoms with Crippen molar-refractivity contribution in [2.24, 2.45) is 0 Å². The van der Waals surface area contributed by atoms with E-state index < -0.39 is 11.8 Å². The Labute approximate surface area is 164 Å². The fourth-order valence-electron chi connectivity index (χ4n) is 2.76. The Bertz CT molecular complexity index is 801. The van der Waals surface area contributed by atoms with Crippen LogP contribution < -0.4 is 20.3 Å². The summed E-state index contributed by atoms with van der Waals surface area (Å²) in [6.45, 7) is 3.03. The van der Waals surface area contributed by atoms with Crippen LogP contribution in [-0.4, -0.2) is 37.7 Å². The van der Waals surface area contributed by atoms with Crippen molar-refractivity contribution < 1.29 is 23.8 Å². The molecule has 1 heterocycles. The van der Waals surface area contributed by atoms with E-state index >= 15 is 0 Å². The predicted molar refractivity (Wildman–Crippen MR) is 103 cm³/mol. The summed E-state index contributed by atoms with van der Waals surface area (Å²) in [5.74, 6) is 0.392. The second-order valence-corrected chi connectivity index (χ2v) is 6.58. The number of carbonyl (C=O) groups excluding carboxylic acids is 2. The van der Waals surface area contributed by atoms with Crippen LogP contribution in [0.5, 0.6) is 11.5 Å². The molecule has 1 aliphatic heterocycles. The molecule has 1 saturated heterocycles. The van der Waals surface area contributed by atoms with Crippen molar-refractivity contribution in [3.05, 3.63) is 59.7 Å². The van der Waals surface area contributed by atoms with Gasteiger partial charge in [0.2, 0.25) is 0 Å². The van der Waals surface area contributed by atoms with Gasteiger partial charge < -0.3 is 14.2 Å². The zero-order valence-corrected chi connectivity index (χ0v) is 15.8. The molecule has 7 heteroatoms. The molecule has 2 amide bonds. The van der Waals surface area contributed by atoms with Gasteiger partial charge in [-0.1, -0.05) is 12.1 Å². The molecule has 28 heavy (non-hydrogen) atoms. The summed E-state index contributed by atoms with van der Waals surface area (Å²) in [5.41, 5.74) is 6.14. The van der Waals surface area contributed by atoms with Gasteiger partial charge in [0, 0.05) is 12.2 Å². The zero-order valence-electron chi connectivity index (χ0n) is 15.8. The van der Waals surface area contributed by atoms with Crippen LogP contribution in [0.1, 0.15) is 28.8 Å². The quantitative estimate of drug-likeness (QED) is 0.716. The molecule has 148 valence electrons. The largest absolute Gasteiger partial charge is 0.491 e. The van der Waals surface area contributed by atoms with Crippen LogP contribution >= 0.6 is 0 Å². The molecular formula is C21H24N2O5. The smallest absolute Gasteiger partial charge is 0.276 e. The number of nitrogens with one attached hydrogen (secondary N) is 2. The second-order valence-electron chi connectivity index (χ2n) is 6.58. The number of hydrogen-bond donors (Lipinski definition) is 2. The Hall–Kier alpha value is -3.06. The Morgan fingerprint density at radius 2 is 1.89 bits per heavy atom. The SMILES string of the molecule is Cc1cccc(OCC(=O)NNC(=O)c2ccc(OCC3CCCO3)cc2)c1. The summed E-state index contributed by atoms with van der Waals surface area (Å²) in [6, 6.07) is 14.1. The second kappa shape index (κ2) is 9.75. The lowest BCUT2D eigenvalue weighted by Crippen LogP contribution is -2.43. The van der Waals surface area contributed by atoms with Crippen LogP contribution in [0.25, 0.3) is 0 Å². The van der Waals surface area contributed by atoms with Crippen molar-refractivity contribution >= 4 is 11.8 Å². The molecule has 0 spiro atoms. The fourth-order valence-corrected chi connectivity index (χ4v) is 2.76. The molecule has 0 saturated carbocycles. The first-order chi connectivity index (χ1) is 13.6. The minimum absolute atomic E-state index is 0.139. The first-order valence-corrected chi connectivity index (χ1v) is 9.23. The van der Waals surface area contributed by atoms with Crippen LogP contribution in [0.4, 0.5) is 0 Å². The molecule has 0 aromatic heterocycles. The van der Waals surface area contributed by atoms with Crippen LogP contribution in [-0.2, 0) is 9.53 Å².